The van der Waals surface area contributed by atoms with Crippen molar-refractivity contribution < 1.29 is 22.7 Å². The summed E-state index contributed by atoms with van der Waals surface area (Å²) in [7, 11) is 3.46. The molecule has 122 valence electrons. The predicted molar refractivity (Wildman–Crippen MR) is 74.6 cm³/mol. The minimum absolute atomic E-state index is 0.000846. The third kappa shape index (κ3) is 4.25. The normalized spacial score (nSPS) is 16.5. The van der Waals surface area contributed by atoms with E-state index in [9.17, 15) is 18.0 Å². The summed E-state index contributed by atoms with van der Waals surface area (Å²) in [5.41, 5.74) is 0. The molecular formula is C14H18F3N3O2. The molecule has 0 bridgehead atoms. The molecular weight excluding hydrogens is 299 g/mol. The molecule has 0 spiro atoms. The van der Waals surface area contributed by atoms with Gasteiger partial charge in [-0.05, 0) is 25.0 Å². The van der Waals surface area contributed by atoms with E-state index in [-0.39, 0.29) is 17.6 Å². The first-order valence-corrected chi connectivity index (χ1v) is 6.94. The highest BCUT2D eigenvalue weighted by atomic mass is 19.4. The molecule has 0 aliphatic carbocycles. The number of aromatic nitrogens is 1. The summed E-state index contributed by atoms with van der Waals surface area (Å²) in [6.07, 6.45) is -2.24. The number of amides is 1. The summed E-state index contributed by atoms with van der Waals surface area (Å²) < 4.78 is 40.0. The van der Waals surface area contributed by atoms with Gasteiger partial charge < -0.3 is 14.5 Å². The molecule has 2 heterocycles. The summed E-state index contributed by atoms with van der Waals surface area (Å²) in [6, 6.07) is 2.74. The zero-order valence-electron chi connectivity index (χ0n) is 12.4. The van der Waals surface area contributed by atoms with E-state index in [0.717, 1.165) is 6.20 Å². The Hall–Kier alpha value is -1.99. The van der Waals surface area contributed by atoms with Gasteiger partial charge in [0, 0.05) is 33.1 Å². The highest BCUT2D eigenvalue weighted by Crippen LogP contribution is 2.26. The average molecular weight is 317 g/mol. The van der Waals surface area contributed by atoms with Crippen molar-refractivity contribution in [2.45, 2.75) is 19.2 Å². The average Bonchev–Trinajstić information content (AvgIpc) is 2.46. The molecule has 0 unspecified atom stereocenters. The Morgan fingerprint density at radius 3 is 2.41 bits per heavy atom. The van der Waals surface area contributed by atoms with Gasteiger partial charge in [-0.1, -0.05) is 0 Å². The third-order valence-corrected chi connectivity index (χ3v) is 3.56. The minimum atomic E-state index is -4.71. The summed E-state index contributed by atoms with van der Waals surface area (Å²) in [4.78, 5) is 19.4. The van der Waals surface area contributed by atoms with Crippen molar-refractivity contribution in [1.29, 1.82) is 0 Å². The molecule has 1 aliphatic rings. The Morgan fingerprint density at radius 1 is 1.32 bits per heavy atom. The van der Waals surface area contributed by atoms with Crippen LogP contribution in [0.1, 0.15) is 12.8 Å². The molecule has 2 rings (SSSR count). The number of hydrogen-bond donors (Lipinski definition) is 0. The first-order chi connectivity index (χ1) is 10.3. The lowest BCUT2D eigenvalue weighted by molar-refractivity contribution is -0.274. The Labute approximate surface area is 126 Å². The fourth-order valence-corrected chi connectivity index (χ4v) is 2.47. The number of ether oxygens (including phenoxy) is 1. The molecule has 0 atom stereocenters. The fraction of sp³-hybridized carbons (Fsp3) is 0.571. The Morgan fingerprint density at radius 2 is 1.95 bits per heavy atom. The van der Waals surface area contributed by atoms with Crippen LogP contribution < -0.4 is 9.64 Å². The van der Waals surface area contributed by atoms with Crippen LogP contribution in [0.3, 0.4) is 0 Å². The molecule has 1 aromatic heterocycles. The largest absolute Gasteiger partial charge is 0.573 e. The molecule has 5 nitrogen and oxygen atoms in total. The number of carbonyl (C=O) groups is 1. The topological polar surface area (TPSA) is 45.7 Å². The number of pyridine rings is 1. The van der Waals surface area contributed by atoms with E-state index in [2.05, 4.69) is 9.72 Å². The first-order valence-electron chi connectivity index (χ1n) is 6.94. The molecule has 1 saturated heterocycles. The maximum Gasteiger partial charge on any atom is 0.573 e. The number of rotatable bonds is 3. The number of hydrogen-bond acceptors (Lipinski definition) is 4. The molecule has 1 aliphatic heterocycles. The van der Waals surface area contributed by atoms with Gasteiger partial charge in [-0.3, -0.25) is 4.79 Å². The van der Waals surface area contributed by atoms with E-state index < -0.39 is 6.36 Å². The van der Waals surface area contributed by atoms with Gasteiger partial charge in [0.05, 0.1) is 6.20 Å². The zero-order valence-corrected chi connectivity index (χ0v) is 12.4. The standard InChI is InChI=1S/C14H18F3N3O2/c1-19(2)13(21)10-5-7-20(8-6-10)12-4-3-11(9-18-12)22-14(15,16)17/h3-4,9-10H,5-8H2,1-2H3. The van der Waals surface area contributed by atoms with E-state index >= 15 is 0 Å². The number of carbonyl (C=O) groups excluding carboxylic acids is 1. The maximum absolute atomic E-state index is 12.1. The Bertz CT molecular complexity index is 509. The van der Waals surface area contributed by atoms with Gasteiger partial charge in [-0.2, -0.15) is 0 Å². The fourth-order valence-electron chi connectivity index (χ4n) is 2.47. The number of anilines is 1. The number of nitrogens with zero attached hydrogens (tertiary/aromatic N) is 3. The van der Waals surface area contributed by atoms with Crippen molar-refractivity contribution in [1.82, 2.24) is 9.88 Å². The number of halogens is 3. The van der Waals surface area contributed by atoms with Gasteiger partial charge >= 0.3 is 6.36 Å². The Balaban J connectivity index is 1.93. The van der Waals surface area contributed by atoms with Crippen LogP contribution in [-0.2, 0) is 4.79 Å². The second-order valence-corrected chi connectivity index (χ2v) is 5.39. The van der Waals surface area contributed by atoms with Crippen molar-refractivity contribution in [3.05, 3.63) is 18.3 Å². The van der Waals surface area contributed by atoms with Crippen LogP contribution in [0.5, 0.6) is 5.75 Å². The second kappa shape index (κ2) is 6.41. The zero-order chi connectivity index (χ0) is 16.3. The first kappa shape index (κ1) is 16.4. The van der Waals surface area contributed by atoms with E-state index in [1.54, 1.807) is 19.0 Å². The van der Waals surface area contributed by atoms with E-state index in [1.807, 2.05) is 4.90 Å². The van der Waals surface area contributed by atoms with Crippen LogP contribution in [0.15, 0.2) is 18.3 Å². The lowest BCUT2D eigenvalue weighted by atomic mass is 9.95. The van der Waals surface area contributed by atoms with Crippen molar-refractivity contribution >= 4 is 11.7 Å². The smallest absolute Gasteiger partial charge is 0.404 e. The number of alkyl halides is 3. The summed E-state index contributed by atoms with van der Waals surface area (Å²) >= 11 is 0. The van der Waals surface area contributed by atoms with Crippen LogP contribution in [0.25, 0.3) is 0 Å². The SMILES string of the molecule is CN(C)C(=O)C1CCN(c2ccc(OC(F)(F)F)cn2)CC1. The summed E-state index contributed by atoms with van der Waals surface area (Å²) in [5.74, 6) is 0.361. The van der Waals surface area contributed by atoms with Gasteiger partial charge in [0.15, 0.2) is 0 Å². The van der Waals surface area contributed by atoms with Crippen molar-refractivity contribution in [2.75, 3.05) is 32.1 Å². The van der Waals surface area contributed by atoms with Crippen LogP contribution in [-0.4, -0.2) is 49.3 Å². The number of piperidine rings is 1. The summed E-state index contributed by atoms with van der Waals surface area (Å²) in [6.45, 7) is 1.30. The molecule has 8 heteroatoms. The predicted octanol–water partition coefficient (Wildman–Crippen LogP) is 2.28. The lowest BCUT2D eigenvalue weighted by Crippen LogP contribution is -2.40. The van der Waals surface area contributed by atoms with Gasteiger partial charge in [0.2, 0.25) is 5.91 Å². The third-order valence-electron chi connectivity index (χ3n) is 3.56. The summed E-state index contributed by atoms with van der Waals surface area (Å²) in [5, 5.41) is 0. The van der Waals surface area contributed by atoms with Gasteiger partial charge in [-0.15, -0.1) is 13.2 Å². The molecule has 1 aromatic rings. The molecule has 1 fully saturated rings. The van der Waals surface area contributed by atoms with Crippen LogP contribution >= 0.6 is 0 Å². The quantitative estimate of drug-likeness (QED) is 0.858. The molecule has 0 N–H and O–H groups in total. The maximum atomic E-state index is 12.1. The van der Waals surface area contributed by atoms with Crippen LogP contribution in [0.2, 0.25) is 0 Å². The van der Waals surface area contributed by atoms with Gasteiger partial charge in [-0.25, -0.2) is 4.98 Å². The highest BCUT2D eigenvalue weighted by molar-refractivity contribution is 5.78. The van der Waals surface area contributed by atoms with E-state index in [0.29, 0.717) is 31.7 Å². The molecule has 0 saturated carbocycles. The van der Waals surface area contributed by atoms with Crippen molar-refractivity contribution in [2.24, 2.45) is 5.92 Å². The van der Waals surface area contributed by atoms with E-state index in [1.165, 1.54) is 12.1 Å². The van der Waals surface area contributed by atoms with Crippen LogP contribution in [0, 0.1) is 5.92 Å². The van der Waals surface area contributed by atoms with Crippen LogP contribution in [0.4, 0.5) is 19.0 Å². The molecule has 0 aromatic carbocycles. The van der Waals surface area contributed by atoms with Crippen molar-refractivity contribution in [3.8, 4) is 5.75 Å². The minimum Gasteiger partial charge on any atom is -0.404 e. The van der Waals surface area contributed by atoms with Gasteiger partial charge in [0.25, 0.3) is 0 Å². The molecule has 1 amide bonds. The van der Waals surface area contributed by atoms with Crippen molar-refractivity contribution in [3.63, 3.8) is 0 Å². The van der Waals surface area contributed by atoms with E-state index in [4.69, 9.17) is 0 Å². The Kier molecular flexibility index (Phi) is 4.77. The highest BCUT2D eigenvalue weighted by Gasteiger charge is 2.31. The molecule has 0 radical (unpaired) electrons. The molecule has 22 heavy (non-hydrogen) atoms. The lowest BCUT2D eigenvalue weighted by Gasteiger charge is -2.33. The second-order valence-electron chi connectivity index (χ2n) is 5.39. The van der Waals surface area contributed by atoms with Gasteiger partial charge in [0.1, 0.15) is 11.6 Å². The monoisotopic (exact) mass is 317 g/mol.